The fourth-order valence-electron chi connectivity index (χ4n) is 7.11. The summed E-state index contributed by atoms with van der Waals surface area (Å²) in [4.78, 5) is 24.9. The van der Waals surface area contributed by atoms with E-state index in [-0.39, 0.29) is 5.92 Å². The number of oxazole rings is 1. The smallest absolute Gasteiger partial charge is 0.307 e. The highest BCUT2D eigenvalue weighted by atomic mass is 35.5. The van der Waals surface area contributed by atoms with Crippen molar-refractivity contribution in [1.82, 2.24) is 24.3 Å². The molecule has 2 unspecified atom stereocenters. The second-order valence-corrected chi connectivity index (χ2v) is 15.0. The first-order chi connectivity index (χ1) is 22.7. The summed E-state index contributed by atoms with van der Waals surface area (Å²) in [7, 11) is 2.16. The van der Waals surface area contributed by atoms with E-state index in [1.165, 1.54) is 11.8 Å². The van der Waals surface area contributed by atoms with Crippen molar-refractivity contribution in [2.75, 3.05) is 33.2 Å². The molecule has 2 fully saturated rings. The van der Waals surface area contributed by atoms with Crippen LogP contribution >= 0.6 is 23.4 Å². The van der Waals surface area contributed by atoms with Gasteiger partial charge in [0.1, 0.15) is 21.4 Å². The minimum absolute atomic E-state index is 0.376. The molecule has 2 aromatic heterocycles. The van der Waals surface area contributed by atoms with Crippen molar-refractivity contribution in [2.45, 2.75) is 53.4 Å². The Bertz CT molecular complexity index is 1900. The fourth-order valence-corrected chi connectivity index (χ4v) is 8.77. The van der Waals surface area contributed by atoms with Crippen LogP contribution in [0.3, 0.4) is 0 Å². The number of piperidine rings is 1. The molecule has 1 aliphatic carbocycles. The van der Waals surface area contributed by atoms with Gasteiger partial charge in [-0.2, -0.15) is 5.26 Å². The van der Waals surface area contributed by atoms with Crippen molar-refractivity contribution in [2.24, 2.45) is 5.92 Å². The van der Waals surface area contributed by atoms with Gasteiger partial charge in [0.05, 0.1) is 22.7 Å². The van der Waals surface area contributed by atoms with E-state index in [1.54, 1.807) is 0 Å². The molecular weight excluding hydrogens is 632 g/mol. The number of hydrogen-bond donors (Lipinski definition) is 1. The van der Waals surface area contributed by atoms with Crippen molar-refractivity contribution < 1.29 is 14.3 Å². The number of rotatable bonds is 8. The highest BCUT2D eigenvalue weighted by molar-refractivity contribution is 8.00. The van der Waals surface area contributed by atoms with Gasteiger partial charge in [-0.3, -0.25) is 9.69 Å². The van der Waals surface area contributed by atoms with Crippen LogP contribution in [0.25, 0.3) is 16.7 Å². The van der Waals surface area contributed by atoms with E-state index in [0.29, 0.717) is 54.7 Å². The number of aliphatic carboxylic acids is 1. The monoisotopic (exact) mass is 668 g/mol. The van der Waals surface area contributed by atoms with E-state index in [9.17, 15) is 15.2 Å². The van der Waals surface area contributed by atoms with Gasteiger partial charge in [-0.1, -0.05) is 60.3 Å². The first kappa shape index (κ1) is 31.7. The van der Waals surface area contributed by atoms with Crippen LogP contribution in [-0.2, 0) is 16.1 Å². The molecule has 2 aliphatic heterocycles. The fraction of sp³-hybridized carbons (Fsp3) is 0.389. The van der Waals surface area contributed by atoms with E-state index >= 15 is 0 Å². The molecule has 0 amide bonds. The second-order valence-electron chi connectivity index (χ2n) is 13.0. The molecule has 7 rings (SSSR count). The molecule has 2 saturated heterocycles. The number of carboxylic acids is 1. The van der Waals surface area contributed by atoms with Crippen LogP contribution in [0, 0.1) is 17.2 Å². The maximum Gasteiger partial charge on any atom is 0.307 e. The number of aromatic nitrogens is 3. The Balaban J connectivity index is 1.29. The third-order valence-electron chi connectivity index (χ3n) is 9.85. The molecule has 3 atom stereocenters. The predicted octanol–water partition coefficient (Wildman–Crippen LogP) is 6.71. The number of allylic oxidation sites excluding steroid dienone is 3. The minimum atomic E-state index is -1.02. The topological polar surface area (TPSA) is 111 Å². The van der Waals surface area contributed by atoms with Crippen LogP contribution in [0.1, 0.15) is 54.8 Å². The molecule has 0 bridgehead atoms. The lowest BCUT2D eigenvalue weighted by atomic mass is 9.78. The lowest BCUT2D eigenvalue weighted by Gasteiger charge is -2.43. The predicted molar refractivity (Wildman–Crippen MR) is 183 cm³/mol. The maximum atomic E-state index is 11.5. The Morgan fingerprint density at radius 1 is 1.19 bits per heavy atom. The van der Waals surface area contributed by atoms with Crippen LogP contribution in [0.5, 0.6) is 0 Å². The zero-order chi connectivity index (χ0) is 32.8. The summed E-state index contributed by atoms with van der Waals surface area (Å²) in [5, 5.41) is 20.5. The Morgan fingerprint density at radius 3 is 2.70 bits per heavy atom. The van der Waals surface area contributed by atoms with Crippen molar-refractivity contribution in [1.29, 1.82) is 5.26 Å². The van der Waals surface area contributed by atoms with E-state index in [1.807, 2.05) is 61.8 Å². The number of benzene rings is 2. The van der Waals surface area contributed by atoms with E-state index in [0.717, 1.165) is 47.7 Å². The molecule has 242 valence electrons. The molecule has 4 heterocycles. The standard InChI is InChI=1S/C36H37ClN6O3S/c1-35(37)29(25-7-4-3-5-8-25)9-6-13-36(35,47-31-22-43(23-39-31)28-11-14-41(2)15-12-28)34-40-30-18-24(17-27(19-38)32(30)46-34)20-42-16-10-26(21-42)33(44)45/h3-9,13,17-18,22-23,26,28H,10-12,14-16,20-21H2,1-2H3,(H,44,45)/t26-,35?,36?/m1/s1. The molecule has 3 aliphatic rings. The largest absolute Gasteiger partial charge is 0.481 e. The molecular formula is C36H37ClN6O3S. The van der Waals surface area contributed by atoms with Crippen LogP contribution in [0.4, 0.5) is 0 Å². The van der Waals surface area contributed by atoms with Crippen LogP contribution in [0.15, 0.2) is 82.7 Å². The van der Waals surface area contributed by atoms with Gasteiger partial charge >= 0.3 is 5.97 Å². The number of thioether (sulfide) groups is 1. The number of likely N-dealkylation sites (tertiary alicyclic amines) is 2. The SMILES string of the molecule is CN1CCC(n2cnc(SC3(c4nc5cc(CN6CC[C@@H](C(=O)O)C6)cc(C#N)c5o4)C=CC=C(c4ccccc4)C3(C)Cl)c2)CC1. The van der Waals surface area contributed by atoms with Crippen LogP contribution < -0.4 is 0 Å². The van der Waals surface area contributed by atoms with Gasteiger partial charge in [0.25, 0.3) is 0 Å². The van der Waals surface area contributed by atoms with Gasteiger partial charge in [-0.15, -0.1) is 11.6 Å². The number of nitrogens with zero attached hydrogens (tertiary/aromatic N) is 6. The second kappa shape index (κ2) is 12.6. The first-order valence-electron chi connectivity index (χ1n) is 16.0. The average molecular weight is 669 g/mol. The lowest BCUT2D eigenvalue weighted by Crippen LogP contribution is -2.44. The summed E-state index contributed by atoms with van der Waals surface area (Å²) in [6.45, 7) is 5.79. The number of halogens is 1. The number of fused-ring (bicyclic) bond motifs is 1. The summed E-state index contributed by atoms with van der Waals surface area (Å²) in [6.07, 6.45) is 12.8. The highest BCUT2D eigenvalue weighted by Gasteiger charge is 2.55. The number of carboxylic acid groups (broad SMARTS) is 1. The van der Waals surface area contributed by atoms with Crippen LogP contribution in [0.2, 0.25) is 0 Å². The normalized spacial score (nSPS) is 25.7. The molecule has 0 radical (unpaired) electrons. The summed E-state index contributed by atoms with van der Waals surface area (Å²) >= 11 is 9.25. The Kier molecular flexibility index (Phi) is 8.51. The van der Waals surface area contributed by atoms with Gasteiger partial charge in [-0.05, 0) is 81.7 Å². The lowest BCUT2D eigenvalue weighted by molar-refractivity contribution is -0.141. The van der Waals surface area contributed by atoms with E-state index in [4.69, 9.17) is 26.0 Å². The number of imidazole rings is 1. The van der Waals surface area contributed by atoms with Gasteiger partial charge in [0.15, 0.2) is 5.58 Å². The quantitative estimate of drug-likeness (QED) is 0.205. The third kappa shape index (κ3) is 5.91. The van der Waals surface area contributed by atoms with Crippen molar-refractivity contribution in [3.63, 3.8) is 0 Å². The van der Waals surface area contributed by atoms with Gasteiger partial charge in [0.2, 0.25) is 5.89 Å². The Hall–Kier alpha value is -3.88. The molecule has 11 heteroatoms. The highest BCUT2D eigenvalue weighted by Crippen LogP contribution is 2.59. The zero-order valence-corrected chi connectivity index (χ0v) is 28.0. The minimum Gasteiger partial charge on any atom is -0.481 e. The van der Waals surface area contributed by atoms with E-state index in [2.05, 4.69) is 45.8 Å². The number of alkyl halides is 1. The first-order valence-corrected chi connectivity index (χ1v) is 17.2. The summed E-state index contributed by atoms with van der Waals surface area (Å²) in [6, 6.07) is 16.5. The van der Waals surface area contributed by atoms with Gasteiger partial charge in [0, 0.05) is 25.3 Å². The van der Waals surface area contributed by atoms with Crippen molar-refractivity contribution in [3.05, 3.63) is 95.8 Å². The molecule has 9 nitrogen and oxygen atoms in total. The molecule has 4 aromatic rings. The molecule has 1 N–H and O–H groups in total. The number of carbonyl (C=O) groups is 1. The van der Waals surface area contributed by atoms with Crippen molar-refractivity contribution in [3.8, 4) is 6.07 Å². The van der Waals surface area contributed by atoms with Gasteiger partial charge < -0.3 is 19.0 Å². The molecule has 0 saturated carbocycles. The molecule has 2 aromatic carbocycles. The molecule has 47 heavy (non-hydrogen) atoms. The third-order valence-corrected chi connectivity index (χ3v) is 11.9. The zero-order valence-electron chi connectivity index (χ0n) is 26.5. The van der Waals surface area contributed by atoms with Gasteiger partial charge in [-0.25, -0.2) is 9.97 Å². The number of hydrogen-bond acceptors (Lipinski definition) is 8. The Labute approximate surface area is 283 Å². The molecule has 0 spiro atoms. The summed E-state index contributed by atoms with van der Waals surface area (Å²) < 4.78 is 7.78. The summed E-state index contributed by atoms with van der Waals surface area (Å²) in [5.74, 6) is -0.754. The number of nitriles is 1. The van der Waals surface area contributed by atoms with Crippen LogP contribution in [-0.4, -0.2) is 73.5 Å². The maximum absolute atomic E-state index is 11.5. The average Bonchev–Trinajstić information content (AvgIpc) is 3.83. The Morgan fingerprint density at radius 2 is 1.98 bits per heavy atom. The van der Waals surface area contributed by atoms with Crippen molar-refractivity contribution >= 4 is 46.0 Å². The van der Waals surface area contributed by atoms with E-state index < -0.39 is 15.6 Å². The summed E-state index contributed by atoms with van der Waals surface area (Å²) in [5.41, 5.74) is 4.16.